The lowest BCUT2D eigenvalue weighted by Crippen LogP contribution is -2.01. The van der Waals surface area contributed by atoms with Crippen LogP contribution in [0.5, 0.6) is 0 Å². The zero-order valence-electron chi connectivity index (χ0n) is 8.42. The maximum Gasteiger partial charge on any atom is 0.153 e. The Morgan fingerprint density at radius 2 is 2.13 bits per heavy atom. The number of aryl methyl sites for hydroxylation is 1. The van der Waals surface area contributed by atoms with Gasteiger partial charge in [0.1, 0.15) is 0 Å². The van der Waals surface area contributed by atoms with Gasteiger partial charge in [-0.1, -0.05) is 6.07 Å². The highest BCUT2D eigenvalue weighted by molar-refractivity contribution is 5.85. The number of aromatic nitrogens is 3. The van der Waals surface area contributed by atoms with Crippen LogP contribution < -0.4 is 5.73 Å². The molecule has 0 aromatic carbocycles. The molecule has 0 bridgehead atoms. The second-order valence-corrected chi connectivity index (χ2v) is 3.13. The van der Waals surface area contributed by atoms with Crippen molar-refractivity contribution in [2.24, 2.45) is 5.73 Å². The van der Waals surface area contributed by atoms with Crippen LogP contribution in [0, 0.1) is 6.92 Å². The minimum Gasteiger partial charge on any atom is -0.326 e. The van der Waals surface area contributed by atoms with Crippen molar-refractivity contribution in [3.63, 3.8) is 0 Å². The summed E-state index contributed by atoms with van der Waals surface area (Å²) in [5, 5.41) is 4.26. The first-order valence-corrected chi connectivity index (χ1v) is 4.47. The fourth-order valence-corrected chi connectivity index (χ4v) is 1.22. The van der Waals surface area contributed by atoms with Gasteiger partial charge in [0, 0.05) is 18.9 Å². The molecule has 0 radical (unpaired) electrons. The average Bonchev–Trinajstić information content (AvgIpc) is 2.65. The largest absolute Gasteiger partial charge is 0.326 e. The number of nitrogens with two attached hydrogens (primary N) is 1. The molecule has 0 unspecified atom stereocenters. The molecule has 0 spiro atoms. The molecule has 2 aromatic rings. The van der Waals surface area contributed by atoms with Crippen LogP contribution in [0.25, 0.3) is 5.82 Å². The molecule has 0 aliphatic rings. The van der Waals surface area contributed by atoms with Crippen LogP contribution in [0.15, 0.2) is 30.6 Å². The van der Waals surface area contributed by atoms with Gasteiger partial charge in [-0.15, -0.1) is 12.4 Å². The highest BCUT2D eigenvalue weighted by Gasteiger charge is 1.98. The number of nitrogens with zero attached hydrogens (tertiary/aromatic N) is 3. The van der Waals surface area contributed by atoms with Gasteiger partial charge in [0.2, 0.25) is 0 Å². The first-order valence-electron chi connectivity index (χ1n) is 4.47. The molecule has 2 aromatic heterocycles. The smallest absolute Gasteiger partial charge is 0.153 e. The highest BCUT2D eigenvalue weighted by atomic mass is 35.5. The van der Waals surface area contributed by atoms with E-state index in [9.17, 15) is 0 Å². The van der Waals surface area contributed by atoms with Gasteiger partial charge in [-0.2, -0.15) is 5.10 Å². The van der Waals surface area contributed by atoms with Gasteiger partial charge in [0.25, 0.3) is 0 Å². The second-order valence-electron chi connectivity index (χ2n) is 3.13. The molecule has 0 atom stereocenters. The molecule has 0 amide bonds. The zero-order chi connectivity index (χ0) is 9.97. The summed E-state index contributed by atoms with van der Waals surface area (Å²) in [5.74, 6) is 0.815. The van der Waals surface area contributed by atoms with E-state index in [-0.39, 0.29) is 12.4 Å². The van der Waals surface area contributed by atoms with Gasteiger partial charge < -0.3 is 5.73 Å². The summed E-state index contributed by atoms with van der Waals surface area (Å²) in [6, 6.07) is 5.81. The fraction of sp³-hybridized carbons (Fsp3) is 0.200. The molecule has 2 N–H and O–H groups in total. The maximum atomic E-state index is 5.48. The Kier molecular flexibility index (Phi) is 3.82. The van der Waals surface area contributed by atoms with Crippen molar-refractivity contribution in [1.82, 2.24) is 14.8 Å². The molecular weight excluding hydrogens is 212 g/mol. The summed E-state index contributed by atoms with van der Waals surface area (Å²) in [6.45, 7) is 2.47. The highest BCUT2D eigenvalue weighted by Crippen LogP contribution is 2.05. The third-order valence-electron chi connectivity index (χ3n) is 2.00. The Bertz CT molecular complexity index is 421. The van der Waals surface area contributed by atoms with E-state index in [2.05, 4.69) is 10.1 Å². The molecular formula is C10H13ClN4. The van der Waals surface area contributed by atoms with E-state index >= 15 is 0 Å². The topological polar surface area (TPSA) is 56.7 Å². The van der Waals surface area contributed by atoms with Crippen LogP contribution in [-0.4, -0.2) is 14.8 Å². The molecule has 0 aliphatic carbocycles. The Balaban J connectivity index is 0.00000112. The van der Waals surface area contributed by atoms with Gasteiger partial charge in [-0.25, -0.2) is 9.67 Å². The first kappa shape index (κ1) is 11.7. The van der Waals surface area contributed by atoms with Crippen molar-refractivity contribution in [3.05, 3.63) is 41.9 Å². The summed E-state index contributed by atoms with van der Waals surface area (Å²) in [6.07, 6.45) is 3.66. The molecule has 4 nitrogen and oxygen atoms in total. The van der Waals surface area contributed by atoms with Crippen molar-refractivity contribution in [2.75, 3.05) is 0 Å². The van der Waals surface area contributed by atoms with Crippen LogP contribution in [-0.2, 0) is 6.54 Å². The molecule has 0 saturated heterocycles. The normalized spacial score (nSPS) is 9.73. The molecule has 80 valence electrons. The number of rotatable bonds is 2. The van der Waals surface area contributed by atoms with Gasteiger partial charge >= 0.3 is 0 Å². The van der Waals surface area contributed by atoms with E-state index in [1.165, 1.54) is 0 Å². The molecule has 0 saturated carbocycles. The molecule has 2 rings (SSSR count). The molecule has 5 heteroatoms. The molecule has 2 heterocycles. The summed E-state index contributed by atoms with van der Waals surface area (Å²) in [4.78, 5) is 4.25. The van der Waals surface area contributed by atoms with E-state index in [4.69, 9.17) is 5.73 Å². The van der Waals surface area contributed by atoms with Crippen LogP contribution in [0.2, 0.25) is 0 Å². The Labute approximate surface area is 94.5 Å². The van der Waals surface area contributed by atoms with Crippen molar-refractivity contribution < 1.29 is 0 Å². The van der Waals surface area contributed by atoms with Gasteiger partial charge in [-0.05, 0) is 24.6 Å². The molecule has 15 heavy (non-hydrogen) atoms. The first-order chi connectivity index (χ1) is 6.79. The Morgan fingerprint density at radius 1 is 1.33 bits per heavy atom. The zero-order valence-corrected chi connectivity index (χ0v) is 9.24. The Morgan fingerprint density at radius 3 is 2.60 bits per heavy atom. The van der Waals surface area contributed by atoms with Crippen LogP contribution in [0.4, 0.5) is 0 Å². The molecule has 0 fully saturated rings. The minimum atomic E-state index is 0. The van der Waals surface area contributed by atoms with E-state index in [0.717, 1.165) is 17.1 Å². The van der Waals surface area contributed by atoms with Gasteiger partial charge in [0.05, 0.1) is 5.69 Å². The van der Waals surface area contributed by atoms with Crippen molar-refractivity contribution in [3.8, 4) is 5.82 Å². The lowest BCUT2D eigenvalue weighted by Gasteiger charge is -2.00. The number of halogens is 1. The monoisotopic (exact) mass is 224 g/mol. The minimum absolute atomic E-state index is 0. The van der Waals surface area contributed by atoms with E-state index in [1.807, 2.05) is 31.3 Å². The van der Waals surface area contributed by atoms with Crippen molar-refractivity contribution in [1.29, 1.82) is 0 Å². The standard InChI is InChI=1S/C10H12N4.ClH/c1-8-4-5-14(13-8)10-3-2-9(6-11)7-12-10;/h2-5,7H,6,11H2,1H3;1H. The van der Waals surface area contributed by atoms with Crippen molar-refractivity contribution >= 4 is 12.4 Å². The summed E-state index contributed by atoms with van der Waals surface area (Å²) in [5.41, 5.74) is 7.49. The second kappa shape index (κ2) is 4.91. The van der Waals surface area contributed by atoms with Crippen LogP contribution >= 0.6 is 12.4 Å². The predicted molar refractivity (Wildman–Crippen MR) is 61.2 cm³/mol. The number of pyridine rings is 1. The summed E-state index contributed by atoms with van der Waals surface area (Å²) < 4.78 is 1.75. The summed E-state index contributed by atoms with van der Waals surface area (Å²) >= 11 is 0. The van der Waals surface area contributed by atoms with Gasteiger partial charge in [-0.3, -0.25) is 0 Å². The average molecular weight is 225 g/mol. The fourth-order valence-electron chi connectivity index (χ4n) is 1.22. The summed E-state index contributed by atoms with van der Waals surface area (Å²) in [7, 11) is 0. The third kappa shape index (κ3) is 2.55. The van der Waals surface area contributed by atoms with Crippen LogP contribution in [0.1, 0.15) is 11.3 Å². The van der Waals surface area contributed by atoms with E-state index in [1.54, 1.807) is 10.9 Å². The van der Waals surface area contributed by atoms with Crippen LogP contribution in [0.3, 0.4) is 0 Å². The van der Waals surface area contributed by atoms with Crippen molar-refractivity contribution in [2.45, 2.75) is 13.5 Å². The lowest BCUT2D eigenvalue weighted by molar-refractivity contribution is 0.829. The Hall–Kier alpha value is -1.39. The maximum absolute atomic E-state index is 5.48. The lowest BCUT2D eigenvalue weighted by atomic mass is 10.3. The number of hydrogen-bond acceptors (Lipinski definition) is 3. The predicted octanol–water partition coefficient (Wildman–Crippen LogP) is 1.46. The quantitative estimate of drug-likeness (QED) is 0.840. The van der Waals surface area contributed by atoms with E-state index < -0.39 is 0 Å². The third-order valence-corrected chi connectivity index (χ3v) is 2.00. The van der Waals surface area contributed by atoms with E-state index in [0.29, 0.717) is 6.54 Å². The number of hydrogen-bond donors (Lipinski definition) is 1. The SMILES string of the molecule is Cc1ccn(-c2ccc(CN)cn2)n1.Cl. The molecule has 0 aliphatic heterocycles. The van der Waals surface area contributed by atoms with Gasteiger partial charge in [0.15, 0.2) is 5.82 Å².